The zero-order valence-electron chi connectivity index (χ0n) is 13.3. The zero-order chi connectivity index (χ0) is 16.5. The summed E-state index contributed by atoms with van der Waals surface area (Å²) in [5.74, 6) is 0.293. The number of benzene rings is 1. The molecule has 2 aromatic rings. The third-order valence-corrected chi connectivity index (χ3v) is 3.48. The maximum Gasteiger partial charge on any atom is 0.253 e. The fourth-order valence-corrected chi connectivity index (χ4v) is 2.11. The van der Waals surface area contributed by atoms with Gasteiger partial charge in [0.05, 0.1) is 5.56 Å². The molecular weight excluding hydrogens is 293 g/mol. The van der Waals surface area contributed by atoms with Gasteiger partial charge in [-0.2, -0.15) is 0 Å². The summed E-state index contributed by atoms with van der Waals surface area (Å²) >= 11 is 0. The van der Waals surface area contributed by atoms with Crippen molar-refractivity contribution in [2.75, 3.05) is 11.9 Å². The molecule has 0 bridgehead atoms. The minimum Gasteiger partial charge on any atom is -0.370 e. The smallest absolute Gasteiger partial charge is 0.253 e. The van der Waals surface area contributed by atoms with Crippen LogP contribution in [0.1, 0.15) is 42.1 Å². The molecule has 0 radical (unpaired) electrons. The van der Waals surface area contributed by atoms with E-state index < -0.39 is 0 Å². The van der Waals surface area contributed by atoms with Crippen molar-refractivity contribution in [3.05, 3.63) is 59.5 Å². The summed E-state index contributed by atoms with van der Waals surface area (Å²) < 4.78 is 12.8. The Balaban J connectivity index is 1.81. The molecule has 0 aliphatic carbocycles. The van der Waals surface area contributed by atoms with Crippen molar-refractivity contribution in [1.82, 2.24) is 10.3 Å². The summed E-state index contributed by atoms with van der Waals surface area (Å²) in [4.78, 5) is 16.3. The molecule has 4 nitrogen and oxygen atoms in total. The van der Waals surface area contributed by atoms with Crippen molar-refractivity contribution in [1.29, 1.82) is 0 Å². The number of unbranched alkanes of at least 4 members (excludes halogenated alkanes) is 2. The predicted octanol–water partition coefficient (Wildman–Crippen LogP) is 3.75. The van der Waals surface area contributed by atoms with Crippen LogP contribution in [0.25, 0.3) is 0 Å². The van der Waals surface area contributed by atoms with E-state index in [2.05, 4.69) is 22.5 Å². The van der Waals surface area contributed by atoms with E-state index in [0.29, 0.717) is 12.1 Å². The summed E-state index contributed by atoms with van der Waals surface area (Å²) in [5.41, 5.74) is 1.35. The van der Waals surface area contributed by atoms with Gasteiger partial charge in [0.2, 0.25) is 0 Å². The van der Waals surface area contributed by atoms with E-state index in [-0.39, 0.29) is 11.7 Å². The van der Waals surface area contributed by atoms with Crippen LogP contribution in [-0.2, 0) is 6.54 Å². The quantitative estimate of drug-likeness (QED) is 0.729. The number of halogens is 1. The van der Waals surface area contributed by atoms with Gasteiger partial charge in [-0.1, -0.05) is 31.9 Å². The molecule has 0 unspecified atom stereocenters. The van der Waals surface area contributed by atoms with E-state index in [1.54, 1.807) is 30.5 Å². The second kappa shape index (κ2) is 8.88. The monoisotopic (exact) mass is 315 g/mol. The highest BCUT2D eigenvalue weighted by atomic mass is 19.1. The van der Waals surface area contributed by atoms with Crippen LogP contribution < -0.4 is 10.6 Å². The lowest BCUT2D eigenvalue weighted by Crippen LogP contribution is -2.23. The van der Waals surface area contributed by atoms with Gasteiger partial charge in [-0.15, -0.1) is 0 Å². The normalized spacial score (nSPS) is 10.3. The highest BCUT2D eigenvalue weighted by Gasteiger charge is 2.06. The van der Waals surface area contributed by atoms with Crippen LogP contribution in [0.5, 0.6) is 0 Å². The fraction of sp³-hybridized carbons (Fsp3) is 0.333. The summed E-state index contributed by atoms with van der Waals surface area (Å²) in [6.07, 6.45) is 5.04. The third kappa shape index (κ3) is 5.70. The predicted molar refractivity (Wildman–Crippen MR) is 89.8 cm³/mol. The first-order chi connectivity index (χ1) is 11.2. The molecule has 23 heavy (non-hydrogen) atoms. The van der Waals surface area contributed by atoms with Gasteiger partial charge in [-0.3, -0.25) is 4.79 Å². The van der Waals surface area contributed by atoms with E-state index in [1.807, 2.05) is 0 Å². The lowest BCUT2D eigenvalue weighted by Gasteiger charge is -2.07. The molecule has 0 aliphatic heterocycles. The Bertz CT molecular complexity index is 611. The molecule has 1 aromatic heterocycles. The van der Waals surface area contributed by atoms with E-state index in [1.165, 1.54) is 25.0 Å². The molecule has 1 heterocycles. The minimum absolute atomic E-state index is 0.195. The van der Waals surface area contributed by atoms with Crippen LogP contribution in [0.2, 0.25) is 0 Å². The van der Waals surface area contributed by atoms with E-state index >= 15 is 0 Å². The second-order valence-electron chi connectivity index (χ2n) is 5.38. The van der Waals surface area contributed by atoms with Crippen LogP contribution in [0, 0.1) is 5.82 Å². The summed E-state index contributed by atoms with van der Waals surface area (Å²) in [6, 6.07) is 9.60. The largest absolute Gasteiger partial charge is 0.370 e. The molecule has 0 aliphatic rings. The molecule has 0 saturated heterocycles. The van der Waals surface area contributed by atoms with E-state index in [9.17, 15) is 9.18 Å². The number of aromatic nitrogens is 1. The average Bonchev–Trinajstić information content (AvgIpc) is 2.58. The highest BCUT2D eigenvalue weighted by Crippen LogP contribution is 2.07. The molecule has 2 rings (SSSR count). The average molecular weight is 315 g/mol. The number of nitrogens with one attached hydrogen (secondary N) is 2. The Morgan fingerprint density at radius 3 is 2.57 bits per heavy atom. The van der Waals surface area contributed by atoms with Crippen LogP contribution in [0.15, 0.2) is 42.6 Å². The topological polar surface area (TPSA) is 54.0 Å². The number of rotatable bonds is 8. The third-order valence-electron chi connectivity index (χ3n) is 3.48. The van der Waals surface area contributed by atoms with Gasteiger partial charge in [0, 0.05) is 19.3 Å². The van der Waals surface area contributed by atoms with Crippen molar-refractivity contribution in [3.63, 3.8) is 0 Å². The van der Waals surface area contributed by atoms with Crippen LogP contribution in [0.4, 0.5) is 10.2 Å². The molecular formula is C18H22FN3O. The van der Waals surface area contributed by atoms with Crippen LogP contribution >= 0.6 is 0 Å². The summed E-state index contributed by atoms with van der Waals surface area (Å²) in [5, 5.41) is 6.02. The molecule has 0 spiro atoms. The molecule has 0 saturated carbocycles. The van der Waals surface area contributed by atoms with Gasteiger partial charge in [-0.05, 0) is 36.2 Å². The first-order valence-electron chi connectivity index (χ1n) is 7.91. The number of anilines is 1. The van der Waals surface area contributed by atoms with Gasteiger partial charge >= 0.3 is 0 Å². The van der Waals surface area contributed by atoms with Crippen molar-refractivity contribution >= 4 is 11.7 Å². The van der Waals surface area contributed by atoms with Crippen molar-refractivity contribution in [2.24, 2.45) is 0 Å². The molecule has 0 atom stereocenters. The van der Waals surface area contributed by atoms with Gasteiger partial charge in [0.15, 0.2) is 0 Å². The van der Waals surface area contributed by atoms with Gasteiger partial charge in [-0.25, -0.2) is 9.37 Å². The Morgan fingerprint density at radius 2 is 1.91 bits per heavy atom. The Labute approximate surface area is 136 Å². The molecule has 5 heteroatoms. The maximum atomic E-state index is 12.8. The molecule has 2 N–H and O–H groups in total. The Morgan fingerprint density at radius 1 is 1.13 bits per heavy atom. The van der Waals surface area contributed by atoms with Crippen molar-refractivity contribution in [2.45, 2.75) is 32.7 Å². The van der Waals surface area contributed by atoms with Gasteiger partial charge in [0.25, 0.3) is 5.91 Å². The SMILES string of the molecule is CCCCCNc1ccc(C(=O)NCc2ccc(F)cc2)cn1. The van der Waals surface area contributed by atoms with Gasteiger partial charge < -0.3 is 10.6 Å². The number of hydrogen-bond donors (Lipinski definition) is 2. The molecule has 122 valence electrons. The number of carbonyl (C=O) groups excluding carboxylic acids is 1. The molecule has 1 aromatic carbocycles. The Hall–Kier alpha value is -2.43. The number of hydrogen-bond acceptors (Lipinski definition) is 3. The zero-order valence-corrected chi connectivity index (χ0v) is 13.3. The second-order valence-corrected chi connectivity index (χ2v) is 5.38. The maximum absolute atomic E-state index is 12.8. The molecule has 0 fully saturated rings. The highest BCUT2D eigenvalue weighted by molar-refractivity contribution is 5.93. The Kier molecular flexibility index (Phi) is 6.54. The first-order valence-corrected chi connectivity index (χ1v) is 7.91. The van der Waals surface area contributed by atoms with Gasteiger partial charge in [0.1, 0.15) is 11.6 Å². The lowest BCUT2D eigenvalue weighted by atomic mass is 10.2. The summed E-state index contributed by atoms with van der Waals surface area (Å²) in [7, 11) is 0. The minimum atomic E-state index is -0.286. The van der Waals surface area contributed by atoms with Crippen molar-refractivity contribution in [3.8, 4) is 0 Å². The number of carbonyl (C=O) groups is 1. The van der Waals surface area contributed by atoms with E-state index in [4.69, 9.17) is 0 Å². The number of pyridine rings is 1. The first kappa shape index (κ1) is 16.9. The van der Waals surface area contributed by atoms with Crippen molar-refractivity contribution < 1.29 is 9.18 Å². The van der Waals surface area contributed by atoms with E-state index in [0.717, 1.165) is 24.3 Å². The van der Waals surface area contributed by atoms with Crippen LogP contribution in [-0.4, -0.2) is 17.4 Å². The fourth-order valence-electron chi connectivity index (χ4n) is 2.11. The standard InChI is InChI=1S/C18H22FN3O/c1-2-3-4-11-20-17-10-7-15(13-21-17)18(23)22-12-14-5-8-16(19)9-6-14/h5-10,13H,2-4,11-12H2,1H3,(H,20,21)(H,22,23). The number of amides is 1. The van der Waals surface area contributed by atoms with Crippen LogP contribution in [0.3, 0.4) is 0 Å². The molecule has 1 amide bonds. The lowest BCUT2D eigenvalue weighted by molar-refractivity contribution is 0.0950. The number of nitrogens with zero attached hydrogens (tertiary/aromatic N) is 1. The summed E-state index contributed by atoms with van der Waals surface area (Å²) in [6.45, 7) is 3.41.